The van der Waals surface area contributed by atoms with Crippen molar-refractivity contribution in [2.24, 2.45) is 4.99 Å². The highest BCUT2D eigenvalue weighted by molar-refractivity contribution is 14.0. The summed E-state index contributed by atoms with van der Waals surface area (Å²) in [6.45, 7) is 5.14. The molecule has 6 heteroatoms. The van der Waals surface area contributed by atoms with E-state index in [1.807, 2.05) is 6.07 Å². The van der Waals surface area contributed by atoms with Gasteiger partial charge in [-0.2, -0.15) is 0 Å². The number of hydrogen-bond acceptors (Lipinski definition) is 5. The Balaban J connectivity index is 0.00000192. The zero-order valence-electron chi connectivity index (χ0n) is 14.0. The average Bonchev–Trinajstić information content (AvgIpc) is 3.20. The topological polar surface area (TPSA) is 40.1 Å². The van der Waals surface area contributed by atoms with Gasteiger partial charge in [0, 0.05) is 20.1 Å². The Morgan fingerprint density at radius 1 is 1.26 bits per heavy atom. The molecule has 1 unspecified atom stereocenters. The van der Waals surface area contributed by atoms with E-state index in [4.69, 9.17) is 4.74 Å². The highest BCUT2D eigenvalue weighted by atomic mass is 127. The fourth-order valence-electron chi connectivity index (χ4n) is 3.27. The zero-order valence-corrected chi connectivity index (χ0v) is 16.3. The highest BCUT2D eigenvalue weighted by Crippen LogP contribution is 2.27. The molecule has 0 aliphatic carbocycles. The van der Waals surface area contributed by atoms with Crippen molar-refractivity contribution in [3.8, 4) is 5.75 Å². The number of methoxy groups -OCH3 is 1. The third-order valence-corrected chi connectivity index (χ3v) is 4.57. The molecule has 0 aromatic heterocycles. The van der Waals surface area contributed by atoms with Crippen LogP contribution < -0.4 is 10.1 Å². The van der Waals surface area contributed by atoms with Crippen LogP contribution in [0.1, 0.15) is 24.4 Å². The average molecular weight is 430 g/mol. The van der Waals surface area contributed by atoms with Gasteiger partial charge in [0.25, 0.3) is 0 Å². The van der Waals surface area contributed by atoms with Crippen LogP contribution in [-0.4, -0.2) is 62.6 Å². The molecule has 0 amide bonds. The maximum absolute atomic E-state index is 5.39. The molecule has 2 aliphatic rings. The number of halogens is 1. The first-order valence-electron chi connectivity index (χ1n) is 8.15. The standard InChI is InChI=1S/C17H26N4O.HI/c1-20-11-8-18-17(20)19-13-16(21-9-3-4-10-21)14-6-5-7-15(12-14)22-2;/h5-7,12,16H,3-4,8-11,13H2,1-2H3,(H,18,19);1H. The summed E-state index contributed by atoms with van der Waals surface area (Å²) >= 11 is 0. The third kappa shape index (κ3) is 4.50. The van der Waals surface area contributed by atoms with E-state index in [1.54, 1.807) is 7.11 Å². The largest absolute Gasteiger partial charge is 0.497 e. The Morgan fingerprint density at radius 2 is 2.04 bits per heavy atom. The lowest BCUT2D eigenvalue weighted by Crippen LogP contribution is -2.41. The van der Waals surface area contributed by atoms with E-state index in [9.17, 15) is 0 Å². The minimum Gasteiger partial charge on any atom is -0.497 e. The summed E-state index contributed by atoms with van der Waals surface area (Å²) < 4.78 is 5.39. The molecule has 0 bridgehead atoms. The van der Waals surface area contributed by atoms with E-state index in [2.05, 4.69) is 45.4 Å². The predicted molar refractivity (Wildman–Crippen MR) is 105 cm³/mol. The molecule has 1 aromatic carbocycles. The summed E-state index contributed by atoms with van der Waals surface area (Å²) in [6, 6.07) is 8.82. The number of hydrogen-bond donors (Lipinski definition) is 1. The minimum atomic E-state index is 0. The molecular weight excluding hydrogens is 403 g/mol. The second-order valence-electron chi connectivity index (χ2n) is 6.04. The van der Waals surface area contributed by atoms with Crippen LogP contribution in [0.15, 0.2) is 29.3 Å². The monoisotopic (exact) mass is 430 g/mol. The van der Waals surface area contributed by atoms with E-state index in [-0.39, 0.29) is 24.0 Å². The molecule has 3 rings (SSSR count). The van der Waals surface area contributed by atoms with Gasteiger partial charge in [0.2, 0.25) is 0 Å². The van der Waals surface area contributed by atoms with E-state index >= 15 is 0 Å². The van der Waals surface area contributed by atoms with Gasteiger partial charge in [-0.3, -0.25) is 9.89 Å². The molecule has 23 heavy (non-hydrogen) atoms. The quantitative estimate of drug-likeness (QED) is 0.729. The molecule has 5 nitrogen and oxygen atoms in total. The van der Waals surface area contributed by atoms with Gasteiger partial charge >= 0.3 is 0 Å². The van der Waals surface area contributed by atoms with Crippen LogP contribution in [0.4, 0.5) is 0 Å². The molecule has 1 aromatic rings. The molecule has 0 spiro atoms. The maximum Gasteiger partial charge on any atom is 0.193 e. The fraction of sp³-hybridized carbons (Fsp3) is 0.588. The summed E-state index contributed by atoms with van der Waals surface area (Å²) in [4.78, 5) is 9.28. The maximum atomic E-state index is 5.39. The van der Waals surface area contributed by atoms with Crippen LogP contribution in [0.25, 0.3) is 0 Å². The molecule has 2 aliphatic heterocycles. The third-order valence-electron chi connectivity index (χ3n) is 4.57. The van der Waals surface area contributed by atoms with Crippen LogP contribution in [0.2, 0.25) is 0 Å². The predicted octanol–water partition coefficient (Wildman–Crippen LogP) is 2.34. The number of nitrogens with one attached hydrogen (secondary N) is 1. The van der Waals surface area contributed by atoms with Crippen LogP contribution >= 0.6 is 24.0 Å². The first-order valence-corrected chi connectivity index (χ1v) is 8.15. The molecule has 0 radical (unpaired) electrons. The van der Waals surface area contributed by atoms with Gasteiger partial charge in [0.05, 0.1) is 19.7 Å². The van der Waals surface area contributed by atoms with Crippen molar-refractivity contribution in [3.63, 3.8) is 0 Å². The minimum absolute atomic E-state index is 0. The summed E-state index contributed by atoms with van der Waals surface area (Å²) in [6.07, 6.45) is 2.59. The van der Waals surface area contributed by atoms with E-state index in [1.165, 1.54) is 31.5 Å². The number of ether oxygens (including phenoxy) is 1. The Labute approximate surface area is 156 Å². The summed E-state index contributed by atoms with van der Waals surface area (Å²) in [5.41, 5.74) is 1.31. The van der Waals surface area contributed by atoms with Crippen molar-refractivity contribution < 1.29 is 4.74 Å². The first-order chi connectivity index (χ1) is 10.8. The number of rotatable bonds is 5. The Morgan fingerprint density at radius 3 is 2.70 bits per heavy atom. The van der Waals surface area contributed by atoms with Gasteiger partial charge in [-0.1, -0.05) is 12.1 Å². The molecule has 128 valence electrons. The van der Waals surface area contributed by atoms with Gasteiger partial charge < -0.3 is 15.0 Å². The van der Waals surface area contributed by atoms with Crippen LogP contribution in [0.3, 0.4) is 0 Å². The van der Waals surface area contributed by atoms with Crippen LogP contribution in [0, 0.1) is 0 Å². The molecule has 1 saturated heterocycles. The van der Waals surface area contributed by atoms with E-state index in [0.29, 0.717) is 6.04 Å². The smallest absolute Gasteiger partial charge is 0.193 e. The van der Waals surface area contributed by atoms with Crippen molar-refractivity contribution >= 4 is 29.9 Å². The highest BCUT2D eigenvalue weighted by Gasteiger charge is 2.25. The molecule has 1 N–H and O–H groups in total. The van der Waals surface area contributed by atoms with Crippen molar-refractivity contribution in [2.45, 2.75) is 18.9 Å². The van der Waals surface area contributed by atoms with E-state index in [0.717, 1.165) is 31.3 Å². The van der Waals surface area contributed by atoms with Gasteiger partial charge in [-0.15, -0.1) is 24.0 Å². The molecular formula is C17H27IN4O. The van der Waals surface area contributed by atoms with Gasteiger partial charge in [0.1, 0.15) is 5.75 Å². The number of aliphatic imine (C=N–C) groups is 1. The second-order valence-corrected chi connectivity index (χ2v) is 6.04. The number of likely N-dealkylation sites (N-methyl/N-ethyl adjacent to an activating group) is 1. The number of nitrogens with zero attached hydrogens (tertiary/aromatic N) is 3. The first kappa shape index (κ1) is 18.3. The fourth-order valence-corrected chi connectivity index (χ4v) is 3.27. The summed E-state index contributed by atoms with van der Waals surface area (Å²) in [5.74, 6) is 1.95. The molecule has 1 atom stereocenters. The lowest BCUT2D eigenvalue weighted by molar-refractivity contribution is 0.244. The lowest BCUT2D eigenvalue weighted by Gasteiger charge is -2.29. The molecule has 1 fully saturated rings. The Hall–Kier alpha value is -1.02. The van der Waals surface area contributed by atoms with Crippen molar-refractivity contribution in [2.75, 3.05) is 46.9 Å². The van der Waals surface area contributed by atoms with Crippen molar-refractivity contribution in [1.82, 2.24) is 15.1 Å². The summed E-state index contributed by atoms with van der Waals surface area (Å²) in [7, 11) is 3.82. The van der Waals surface area contributed by atoms with Crippen LogP contribution in [0.5, 0.6) is 5.75 Å². The zero-order chi connectivity index (χ0) is 15.4. The normalized spacial score (nSPS) is 19.2. The lowest BCUT2D eigenvalue weighted by atomic mass is 10.1. The Kier molecular flexibility index (Phi) is 6.95. The SMILES string of the molecule is COc1cccc(C(CNC2=NCCN2C)N2CCCC2)c1.I. The van der Waals surface area contributed by atoms with Gasteiger partial charge in [0.15, 0.2) is 5.96 Å². The molecule has 0 saturated carbocycles. The van der Waals surface area contributed by atoms with E-state index < -0.39 is 0 Å². The molecule has 2 heterocycles. The van der Waals surface area contributed by atoms with Crippen LogP contribution in [-0.2, 0) is 0 Å². The van der Waals surface area contributed by atoms with Crippen molar-refractivity contribution in [3.05, 3.63) is 29.8 Å². The van der Waals surface area contributed by atoms with Crippen molar-refractivity contribution in [1.29, 1.82) is 0 Å². The Bertz CT molecular complexity index is 531. The van der Waals surface area contributed by atoms with Gasteiger partial charge in [-0.05, 0) is 43.6 Å². The second kappa shape index (κ2) is 8.73. The number of likely N-dealkylation sites (tertiary alicyclic amines) is 1. The number of benzene rings is 1. The summed E-state index contributed by atoms with van der Waals surface area (Å²) in [5, 5.41) is 3.54. The number of guanidine groups is 1. The van der Waals surface area contributed by atoms with Gasteiger partial charge in [-0.25, -0.2) is 0 Å².